The van der Waals surface area contributed by atoms with E-state index in [1.165, 1.54) is 17.0 Å². The molecule has 2 aromatic carbocycles. The Morgan fingerprint density at radius 2 is 1.65 bits per heavy atom. The molecule has 0 saturated carbocycles. The normalized spacial score (nSPS) is 15.7. The van der Waals surface area contributed by atoms with Crippen LogP contribution in [-0.2, 0) is 22.6 Å². The molecule has 2 amide bonds. The molecule has 1 heterocycles. The van der Waals surface area contributed by atoms with Crippen LogP contribution in [0.4, 0.5) is 22.4 Å². The molecule has 0 aliphatic carbocycles. The fourth-order valence-electron chi connectivity index (χ4n) is 3.19. The number of rotatable bonds is 5. The van der Waals surface area contributed by atoms with E-state index in [4.69, 9.17) is 0 Å². The molecule has 1 N–H and O–H groups in total. The van der Waals surface area contributed by atoms with Gasteiger partial charge < -0.3 is 10.2 Å². The maximum absolute atomic E-state index is 12.9. The molecular weight excluding hydrogens is 438 g/mol. The molecule has 2 aromatic rings. The Kier molecular flexibility index (Phi) is 6.85. The number of carbonyl (C=O) groups excluding carboxylic acids is 1. The highest BCUT2D eigenvalue weighted by atomic mass is 32.2. The molecule has 1 aliphatic heterocycles. The number of alkyl halides is 3. The van der Waals surface area contributed by atoms with Crippen molar-refractivity contribution in [1.29, 1.82) is 0 Å². The Morgan fingerprint density at radius 3 is 2.26 bits per heavy atom. The summed E-state index contributed by atoms with van der Waals surface area (Å²) in [6.45, 7) is 0.502. The molecular formula is C20H21F4N3O3S. The number of nitrogens with one attached hydrogen (secondary N) is 1. The van der Waals surface area contributed by atoms with Gasteiger partial charge in [0.2, 0.25) is 10.0 Å². The zero-order valence-corrected chi connectivity index (χ0v) is 17.2. The Hall–Kier alpha value is -2.66. The smallest absolute Gasteiger partial charge is 0.338 e. The highest BCUT2D eigenvalue weighted by Gasteiger charge is 2.34. The van der Waals surface area contributed by atoms with E-state index >= 15 is 0 Å². The predicted octanol–water partition coefficient (Wildman–Crippen LogP) is 3.10. The van der Waals surface area contributed by atoms with Crippen molar-refractivity contribution < 1.29 is 30.8 Å². The third-order valence-corrected chi connectivity index (χ3v) is 6.82. The van der Waals surface area contributed by atoms with E-state index in [2.05, 4.69) is 5.32 Å². The molecule has 11 heteroatoms. The first kappa shape index (κ1) is 23.0. The predicted molar refractivity (Wildman–Crippen MR) is 105 cm³/mol. The second kappa shape index (κ2) is 9.23. The van der Waals surface area contributed by atoms with Gasteiger partial charge in [-0.3, -0.25) is 0 Å². The first-order valence-electron chi connectivity index (χ1n) is 9.52. The zero-order valence-electron chi connectivity index (χ0n) is 16.4. The van der Waals surface area contributed by atoms with Crippen LogP contribution in [0.3, 0.4) is 0 Å². The molecule has 0 spiro atoms. The minimum atomic E-state index is -4.64. The molecule has 0 unspecified atom stereocenters. The number of benzene rings is 2. The average Bonchev–Trinajstić information content (AvgIpc) is 2.74. The van der Waals surface area contributed by atoms with Crippen molar-refractivity contribution in [3.8, 4) is 0 Å². The Bertz CT molecular complexity index is 1020. The molecule has 0 bridgehead atoms. The van der Waals surface area contributed by atoms with Gasteiger partial charge in [0, 0.05) is 32.7 Å². The van der Waals surface area contributed by atoms with Crippen LogP contribution in [0.5, 0.6) is 0 Å². The van der Waals surface area contributed by atoms with Crippen LogP contribution < -0.4 is 5.32 Å². The van der Waals surface area contributed by atoms with Crippen molar-refractivity contribution in [1.82, 2.24) is 14.5 Å². The molecule has 0 radical (unpaired) electrons. The number of halogens is 4. The van der Waals surface area contributed by atoms with Gasteiger partial charge in [0.25, 0.3) is 0 Å². The fraction of sp³-hybridized carbons (Fsp3) is 0.350. The third-order valence-electron chi connectivity index (χ3n) is 4.93. The van der Waals surface area contributed by atoms with Gasteiger partial charge in [-0.1, -0.05) is 18.2 Å². The Morgan fingerprint density at radius 1 is 1.00 bits per heavy atom. The number of hydrogen-bond acceptors (Lipinski definition) is 3. The van der Waals surface area contributed by atoms with Crippen LogP contribution in [0, 0.1) is 5.82 Å². The molecule has 1 aliphatic rings. The molecule has 0 aromatic heterocycles. The molecule has 0 atom stereocenters. The maximum atomic E-state index is 12.9. The number of urea groups is 1. The van der Waals surface area contributed by atoms with Crippen molar-refractivity contribution in [2.24, 2.45) is 0 Å². The average molecular weight is 459 g/mol. The monoisotopic (exact) mass is 459 g/mol. The summed E-state index contributed by atoms with van der Waals surface area (Å²) in [5.41, 5.74) is -0.175. The fourth-order valence-corrected chi connectivity index (χ4v) is 4.66. The number of nitrogens with zero attached hydrogens (tertiary/aromatic N) is 2. The summed E-state index contributed by atoms with van der Waals surface area (Å²) in [5, 5.41) is 2.73. The van der Waals surface area contributed by atoms with Gasteiger partial charge in [-0.05, 0) is 42.3 Å². The second-order valence-corrected chi connectivity index (χ2v) is 8.96. The van der Waals surface area contributed by atoms with Crippen LogP contribution in [0.2, 0.25) is 0 Å². The van der Waals surface area contributed by atoms with Gasteiger partial charge >= 0.3 is 12.2 Å². The summed E-state index contributed by atoms with van der Waals surface area (Å²) in [6, 6.07) is 9.16. The summed E-state index contributed by atoms with van der Waals surface area (Å²) in [6.07, 6.45) is -4.13. The Balaban J connectivity index is 1.53. The summed E-state index contributed by atoms with van der Waals surface area (Å²) in [5.74, 6) is -0.342. The van der Waals surface area contributed by atoms with Crippen LogP contribution in [0.1, 0.15) is 11.1 Å². The summed E-state index contributed by atoms with van der Waals surface area (Å²) in [4.78, 5) is 13.3. The number of sulfonamides is 1. The third kappa shape index (κ3) is 5.73. The van der Waals surface area contributed by atoms with Crippen LogP contribution in [0.15, 0.2) is 53.4 Å². The molecule has 1 saturated heterocycles. The van der Waals surface area contributed by atoms with Crippen molar-refractivity contribution in [3.05, 3.63) is 65.5 Å². The second-order valence-electron chi connectivity index (χ2n) is 7.03. The van der Waals surface area contributed by atoms with Crippen LogP contribution >= 0.6 is 0 Å². The zero-order chi connectivity index (χ0) is 22.6. The molecule has 168 valence electrons. The number of piperazine rings is 1. The molecule has 1 fully saturated rings. The number of amides is 2. The van der Waals surface area contributed by atoms with Gasteiger partial charge in [0.15, 0.2) is 0 Å². The quantitative estimate of drug-likeness (QED) is 0.699. The van der Waals surface area contributed by atoms with E-state index in [9.17, 15) is 30.8 Å². The molecule has 31 heavy (non-hydrogen) atoms. The SMILES string of the molecule is O=C(NCCc1ccc(F)cc1)N1CCN(S(=O)(=O)c2cccc(C(F)(F)F)c2)CC1. The summed E-state index contributed by atoms with van der Waals surface area (Å²) in [7, 11) is -4.11. The highest BCUT2D eigenvalue weighted by Crippen LogP contribution is 2.31. The Labute approximate surface area is 177 Å². The highest BCUT2D eigenvalue weighted by molar-refractivity contribution is 7.89. The lowest BCUT2D eigenvalue weighted by Gasteiger charge is -2.34. The van der Waals surface area contributed by atoms with Gasteiger partial charge in [0.1, 0.15) is 5.82 Å². The lowest BCUT2D eigenvalue weighted by Crippen LogP contribution is -2.53. The minimum Gasteiger partial charge on any atom is -0.338 e. The van der Waals surface area contributed by atoms with Crippen LogP contribution in [0.25, 0.3) is 0 Å². The molecule has 3 rings (SSSR count). The largest absolute Gasteiger partial charge is 0.416 e. The van der Waals surface area contributed by atoms with E-state index < -0.39 is 26.7 Å². The maximum Gasteiger partial charge on any atom is 0.416 e. The van der Waals surface area contributed by atoms with Crippen molar-refractivity contribution in [2.45, 2.75) is 17.5 Å². The van der Waals surface area contributed by atoms with Gasteiger partial charge in [-0.2, -0.15) is 17.5 Å². The lowest BCUT2D eigenvalue weighted by molar-refractivity contribution is -0.137. The number of carbonyl (C=O) groups is 1. The molecule has 6 nitrogen and oxygen atoms in total. The van der Waals surface area contributed by atoms with E-state index in [1.807, 2.05) is 0 Å². The van der Waals surface area contributed by atoms with E-state index in [0.29, 0.717) is 19.0 Å². The summed E-state index contributed by atoms with van der Waals surface area (Å²) < 4.78 is 78.1. The van der Waals surface area contributed by atoms with Crippen molar-refractivity contribution >= 4 is 16.1 Å². The van der Waals surface area contributed by atoms with Crippen molar-refractivity contribution in [3.63, 3.8) is 0 Å². The van der Waals surface area contributed by atoms with Gasteiger partial charge in [-0.15, -0.1) is 0 Å². The van der Waals surface area contributed by atoms with Gasteiger partial charge in [-0.25, -0.2) is 17.6 Å². The van der Waals surface area contributed by atoms with Gasteiger partial charge in [0.05, 0.1) is 10.5 Å². The van der Waals surface area contributed by atoms with Crippen molar-refractivity contribution in [2.75, 3.05) is 32.7 Å². The number of hydrogen-bond donors (Lipinski definition) is 1. The summed E-state index contributed by atoms with van der Waals surface area (Å²) >= 11 is 0. The first-order valence-corrected chi connectivity index (χ1v) is 11.0. The topological polar surface area (TPSA) is 69.7 Å². The first-order chi connectivity index (χ1) is 14.6. The van der Waals surface area contributed by atoms with Crippen LogP contribution in [-0.4, -0.2) is 56.4 Å². The van der Waals surface area contributed by atoms with E-state index in [-0.39, 0.29) is 38.0 Å². The standard InChI is InChI=1S/C20H21F4N3O3S/c21-17-6-4-15(5-7-17)8-9-25-19(28)26-10-12-27(13-11-26)31(29,30)18-3-1-2-16(14-18)20(22,23)24/h1-7,14H,8-13H2,(H,25,28). The minimum absolute atomic E-state index is 0.0238. The van der Waals surface area contributed by atoms with E-state index in [0.717, 1.165) is 28.1 Å². The lowest BCUT2D eigenvalue weighted by atomic mass is 10.1. The van der Waals surface area contributed by atoms with E-state index in [1.54, 1.807) is 12.1 Å².